The van der Waals surface area contributed by atoms with Crippen molar-refractivity contribution in [2.45, 2.75) is 11.8 Å². The van der Waals surface area contributed by atoms with Gasteiger partial charge in [0.05, 0.1) is 0 Å². The lowest BCUT2D eigenvalue weighted by Gasteiger charge is -2.12. The molecule has 0 saturated heterocycles. The van der Waals surface area contributed by atoms with E-state index in [0.717, 1.165) is 11.4 Å². The number of pyridine rings is 1. The Hall–Kier alpha value is -0.900. The number of amides is 1. The van der Waals surface area contributed by atoms with E-state index in [0.29, 0.717) is 6.54 Å². The molecule has 0 bridgehead atoms. The molecule has 0 aliphatic carbocycles. The number of hydrogen-bond acceptors (Lipinski definition) is 2. The zero-order chi connectivity index (χ0) is 9.42. The Bertz CT molecular complexity index is 353. The molecule has 1 aliphatic rings. The zero-order valence-electron chi connectivity index (χ0n) is 7.20. The van der Waals surface area contributed by atoms with Gasteiger partial charge >= 0.3 is 0 Å². The average Bonchev–Trinajstić information content (AvgIpc) is 2.41. The van der Waals surface area contributed by atoms with Crippen LogP contribution in [0.15, 0.2) is 18.3 Å². The topological polar surface area (TPSA) is 33.2 Å². The third-order valence-electron chi connectivity index (χ3n) is 2.14. The molecule has 0 fully saturated rings. The third kappa shape index (κ3) is 1.16. The minimum Gasteiger partial charge on any atom is -0.296 e. The van der Waals surface area contributed by atoms with Crippen LogP contribution in [0.3, 0.4) is 0 Å². The monoisotopic (exact) mass is 240 g/mol. The van der Waals surface area contributed by atoms with Crippen LogP contribution >= 0.6 is 15.9 Å². The average molecular weight is 241 g/mol. The van der Waals surface area contributed by atoms with Crippen molar-refractivity contribution < 1.29 is 4.79 Å². The zero-order valence-corrected chi connectivity index (χ0v) is 8.78. The molecule has 0 saturated carbocycles. The van der Waals surface area contributed by atoms with E-state index in [1.54, 1.807) is 11.1 Å². The number of nitrogens with zero attached hydrogens (tertiary/aromatic N) is 2. The van der Waals surface area contributed by atoms with Gasteiger partial charge in [0.25, 0.3) is 0 Å². The summed E-state index contributed by atoms with van der Waals surface area (Å²) in [7, 11) is 0. The van der Waals surface area contributed by atoms with E-state index in [2.05, 4.69) is 20.9 Å². The summed E-state index contributed by atoms with van der Waals surface area (Å²) >= 11 is 3.35. The summed E-state index contributed by atoms with van der Waals surface area (Å²) in [5, 5.41) is 0. The molecule has 1 aliphatic heterocycles. The number of carbonyl (C=O) groups excluding carboxylic acids is 1. The van der Waals surface area contributed by atoms with E-state index in [-0.39, 0.29) is 10.7 Å². The van der Waals surface area contributed by atoms with Crippen LogP contribution in [0.4, 0.5) is 5.82 Å². The van der Waals surface area contributed by atoms with Gasteiger partial charge in [-0.05, 0) is 13.0 Å². The van der Waals surface area contributed by atoms with Gasteiger partial charge in [0.1, 0.15) is 10.6 Å². The molecule has 68 valence electrons. The van der Waals surface area contributed by atoms with Gasteiger partial charge in [-0.25, -0.2) is 4.98 Å². The highest BCUT2D eigenvalue weighted by Gasteiger charge is 2.35. The first-order chi connectivity index (χ1) is 6.25. The fourth-order valence-electron chi connectivity index (χ4n) is 1.51. The Morgan fingerprint density at radius 1 is 1.69 bits per heavy atom. The van der Waals surface area contributed by atoms with E-state index in [1.165, 1.54) is 0 Å². The molecule has 1 atom stereocenters. The number of carbonyl (C=O) groups is 1. The molecule has 0 radical (unpaired) electrons. The molecule has 1 aromatic heterocycles. The van der Waals surface area contributed by atoms with Crippen molar-refractivity contribution in [3.05, 3.63) is 23.9 Å². The highest BCUT2D eigenvalue weighted by molar-refractivity contribution is 9.09. The smallest absolute Gasteiger partial charge is 0.246 e. The predicted molar refractivity (Wildman–Crippen MR) is 53.9 cm³/mol. The molecule has 0 spiro atoms. The summed E-state index contributed by atoms with van der Waals surface area (Å²) in [4.78, 5) is 17.3. The Morgan fingerprint density at radius 2 is 2.46 bits per heavy atom. The van der Waals surface area contributed by atoms with Gasteiger partial charge in [-0.2, -0.15) is 0 Å². The minimum atomic E-state index is -0.212. The van der Waals surface area contributed by atoms with E-state index >= 15 is 0 Å². The number of halogens is 1. The van der Waals surface area contributed by atoms with Crippen molar-refractivity contribution in [1.29, 1.82) is 0 Å². The number of fused-ring (bicyclic) bond motifs is 1. The van der Waals surface area contributed by atoms with Crippen LogP contribution < -0.4 is 4.90 Å². The second-order valence-corrected chi connectivity index (χ2v) is 3.78. The van der Waals surface area contributed by atoms with Crippen molar-refractivity contribution in [1.82, 2.24) is 4.98 Å². The first-order valence-electron chi connectivity index (χ1n) is 4.16. The summed E-state index contributed by atoms with van der Waals surface area (Å²) in [5.41, 5.74) is 0.967. The Kier molecular flexibility index (Phi) is 2.07. The Labute approximate surface area is 84.9 Å². The van der Waals surface area contributed by atoms with E-state index in [4.69, 9.17) is 0 Å². The van der Waals surface area contributed by atoms with Crippen molar-refractivity contribution in [2.75, 3.05) is 11.4 Å². The SMILES string of the molecule is CCN1C(=O)C(Br)c2cccnc21. The maximum atomic E-state index is 11.6. The third-order valence-corrected chi connectivity index (χ3v) is 3.03. The first-order valence-corrected chi connectivity index (χ1v) is 5.07. The standard InChI is InChI=1S/C9H9BrN2O/c1-2-12-8-6(4-3-5-11-8)7(10)9(12)13/h3-5,7H,2H2,1H3. The summed E-state index contributed by atoms with van der Waals surface area (Å²) in [6, 6.07) is 3.77. The molecule has 3 nitrogen and oxygen atoms in total. The van der Waals surface area contributed by atoms with Crippen molar-refractivity contribution in [3.63, 3.8) is 0 Å². The number of anilines is 1. The second-order valence-electron chi connectivity index (χ2n) is 2.86. The van der Waals surface area contributed by atoms with Gasteiger partial charge in [-0.15, -0.1) is 0 Å². The largest absolute Gasteiger partial charge is 0.296 e. The second kappa shape index (κ2) is 3.10. The van der Waals surface area contributed by atoms with E-state index in [1.807, 2.05) is 19.1 Å². The molecule has 13 heavy (non-hydrogen) atoms. The lowest BCUT2D eigenvalue weighted by atomic mass is 10.2. The van der Waals surface area contributed by atoms with E-state index in [9.17, 15) is 4.79 Å². The van der Waals surface area contributed by atoms with Gasteiger partial charge in [0, 0.05) is 18.3 Å². The normalized spacial score (nSPS) is 20.6. The summed E-state index contributed by atoms with van der Waals surface area (Å²) < 4.78 is 0. The molecule has 1 aromatic rings. The number of alkyl halides is 1. The molecular weight excluding hydrogens is 232 g/mol. The van der Waals surface area contributed by atoms with Gasteiger partial charge in [-0.1, -0.05) is 22.0 Å². The molecule has 1 unspecified atom stereocenters. The fourth-order valence-corrected chi connectivity index (χ4v) is 2.12. The van der Waals surface area contributed by atoms with Crippen molar-refractivity contribution in [2.24, 2.45) is 0 Å². The minimum absolute atomic E-state index is 0.0798. The molecule has 2 rings (SSSR count). The number of likely N-dealkylation sites (N-methyl/N-ethyl adjacent to an activating group) is 1. The first kappa shape index (κ1) is 8.69. The number of rotatable bonds is 1. The number of aromatic nitrogens is 1. The molecule has 1 amide bonds. The maximum Gasteiger partial charge on any atom is 0.246 e. The molecule has 2 heterocycles. The van der Waals surface area contributed by atoms with Gasteiger partial charge in [-0.3, -0.25) is 9.69 Å². The Balaban J connectivity index is 2.53. The molecule has 0 N–H and O–H groups in total. The fraction of sp³-hybridized carbons (Fsp3) is 0.333. The molecule has 4 heteroatoms. The van der Waals surface area contributed by atoms with Crippen molar-refractivity contribution in [3.8, 4) is 0 Å². The summed E-state index contributed by atoms with van der Waals surface area (Å²) in [5.74, 6) is 0.869. The van der Waals surface area contributed by atoms with Crippen LogP contribution in [0.1, 0.15) is 17.3 Å². The van der Waals surface area contributed by atoms with Gasteiger partial charge in [0.2, 0.25) is 5.91 Å². The lowest BCUT2D eigenvalue weighted by Crippen LogP contribution is -2.27. The Morgan fingerprint density at radius 3 is 3.15 bits per heavy atom. The summed E-state index contributed by atoms with van der Waals surface area (Å²) in [6.07, 6.45) is 1.71. The van der Waals surface area contributed by atoms with Crippen molar-refractivity contribution >= 4 is 27.7 Å². The van der Waals surface area contributed by atoms with E-state index < -0.39 is 0 Å². The molecule has 0 aromatic carbocycles. The van der Waals surface area contributed by atoms with Crippen LogP contribution in [0.5, 0.6) is 0 Å². The molecular formula is C9H9BrN2O. The highest BCUT2D eigenvalue weighted by atomic mass is 79.9. The van der Waals surface area contributed by atoms with Crippen LogP contribution in [0.2, 0.25) is 0 Å². The lowest BCUT2D eigenvalue weighted by molar-refractivity contribution is -0.117. The van der Waals surface area contributed by atoms with Crippen LogP contribution in [0.25, 0.3) is 0 Å². The van der Waals surface area contributed by atoms with Crippen LogP contribution in [0, 0.1) is 0 Å². The quantitative estimate of drug-likeness (QED) is 0.703. The summed E-state index contributed by atoms with van der Waals surface area (Å²) in [6.45, 7) is 2.62. The maximum absolute atomic E-state index is 11.6. The highest BCUT2D eigenvalue weighted by Crippen LogP contribution is 2.38. The predicted octanol–water partition coefficient (Wildman–Crippen LogP) is 1.88. The van der Waals surface area contributed by atoms with Crippen LogP contribution in [-0.4, -0.2) is 17.4 Å². The van der Waals surface area contributed by atoms with Crippen LogP contribution in [-0.2, 0) is 4.79 Å². The number of hydrogen-bond donors (Lipinski definition) is 0. The van der Waals surface area contributed by atoms with Gasteiger partial charge < -0.3 is 0 Å². The van der Waals surface area contributed by atoms with Gasteiger partial charge in [0.15, 0.2) is 0 Å².